The van der Waals surface area contributed by atoms with Crippen LogP contribution in [0.25, 0.3) is 5.57 Å². The number of rotatable bonds is 4. The Morgan fingerprint density at radius 2 is 1.81 bits per heavy atom. The molecule has 2 aliphatic heterocycles. The predicted molar refractivity (Wildman–Crippen MR) is 125 cm³/mol. The maximum Gasteiger partial charge on any atom is 0.417 e. The number of carbonyl (C=O) groups excluding carboxylic acids is 2. The quantitative estimate of drug-likeness (QED) is 0.163. The highest BCUT2D eigenvalue weighted by Gasteiger charge is 2.52. The number of nitrogens with one attached hydrogen (secondary N) is 1. The Hall–Kier alpha value is -2.46. The van der Waals surface area contributed by atoms with E-state index in [-0.39, 0.29) is 16.7 Å². The number of halogens is 6. The zero-order chi connectivity index (χ0) is 26.6. The molecule has 4 rings (SSSR count). The van der Waals surface area contributed by atoms with Crippen molar-refractivity contribution in [2.45, 2.75) is 44.3 Å². The Kier molecular flexibility index (Phi) is 6.75. The van der Waals surface area contributed by atoms with E-state index in [0.29, 0.717) is 24.2 Å². The van der Waals surface area contributed by atoms with Crippen LogP contribution in [0.5, 0.6) is 0 Å². The van der Waals surface area contributed by atoms with Gasteiger partial charge in [0.1, 0.15) is 17.0 Å². The maximum absolute atomic E-state index is 14.5. The zero-order valence-electron chi connectivity index (χ0n) is 19.4. The van der Waals surface area contributed by atoms with Crippen LogP contribution in [0.15, 0.2) is 36.4 Å². The summed E-state index contributed by atoms with van der Waals surface area (Å²) < 4.78 is 67.5. The normalized spacial score (nSPS) is 19.1. The molecular formula is C25H21Cl2F4NO4. The first-order valence-electron chi connectivity index (χ1n) is 10.9. The number of hydrogen-bond acceptors (Lipinski definition) is 5. The standard InChI is InChI=1S/C25H21Cl2F4NO4/c1-23(2,3)36-22(34)21-15-6-12(4-5-16(15)24(35-21)10-32-11-24)19(33)9-17(25(29,30)31)14-7-13(26)8-18(27)20(14)28/h4-9,21,32H,10-11H2,1-3H3/b17-9-. The Bertz CT molecular complexity index is 1280. The molecule has 1 fully saturated rings. The van der Waals surface area contributed by atoms with Crippen LogP contribution in [0.2, 0.25) is 10.0 Å². The van der Waals surface area contributed by atoms with Crippen molar-refractivity contribution < 1.29 is 36.6 Å². The molecular weight excluding hydrogens is 525 g/mol. The molecule has 0 saturated carbocycles. The van der Waals surface area contributed by atoms with Gasteiger partial charge in [-0.15, -0.1) is 0 Å². The molecule has 1 N–H and O–H groups in total. The van der Waals surface area contributed by atoms with Crippen molar-refractivity contribution in [1.29, 1.82) is 0 Å². The minimum Gasteiger partial charge on any atom is -0.458 e. The minimum absolute atomic E-state index is 0.148. The van der Waals surface area contributed by atoms with Crippen LogP contribution in [0.1, 0.15) is 53.9 Å². The molecule has 36 heavy (non-hydrogen) atoms. The first-order valence-corrected chi connectivity index (χ1v) is 11.6. The van der Waals surface area contributed by atoms with Crippen LogP contribution in [0.3, 0.4) is 0 Å². The maximum atomic E-state index is 14.5. The van der Waals surface area contributed by atoms with Gasteiger partial charge in [-0.2, -0.15) is 13.2 Å². The van der Waals surface area contributed by atoms with Crippen molar-refractivity contribution in [2.75, 3.05) is 13.1 Å². The number of fused-ring (bicyclic) bond motifs is 2. The molecule has 1 saturated heterocycles. The van der Waals surface area contributed by atoms with Crippen LogP contribution < -0.4 is 5.32 Å². The van der Waals surface area contributed by atoms with Crippen LogP contribution >= 0.6 is 23.2 Å². The number of benzene rings is 2. The van der Waals surface area contributed by atoms with Gasteiger partial charge in [0.05, 0.1) is 10.6 Å². The van der Waals surface area contributed by atoms with Crippen LogP contribution in [0, 0.1) is 5.82 Å². The van der Waals surface area contributed by atoms with E-state index in [1.54, 1.807) is 26.8 Å². The van der Waals surface area contributed by atoms with Crippen molar-refractivity contribution in [1.82, 2.24) is 5.32 Å². The molecule has 0 aromatic heterocycles. The van der Waals surface area contributed by atoms with E-state index in [0.717, 1.165) is 12.1 Å². The van der Waals surface area contributed by atoms with Crippen LogP contribution in [-0.2, 0) is 19.9 Å². The summed E-state index contributed by atoms with van der Waals surface area (Å²) in [5, 5.41) is 2.22. The lowest BCUT2D eigenvalue weighted by Crippen LogP contribution is -2.57. The average Bonchev–Trinajstić information content (AvgIpc) is 3.08. The van der Waals surface area contributed by atoms with E-state index in [2.05, 4.69) is 5.32 Å². The molecule has 1 unspecified atom stereocenters. The summed E-state index contributed by atoms with van der Waals surface area (Å²) in [5.74, 6) is -3.10. The average molecular weight is 546 g/mol. The fourth-order valence-corrected chi connectivity index (χ4v) is 4.63. The van der Waals surface area contributed by atoms with Gasteiger partial charge in [0.25, 0.3) is 0 Å². The highest BCUT2D eigenvalue weighted by Crippen LogP contribution is 2.47. The Morgan fingerprint density at radius 1 is 1.14 bits per heavy atom. The van der Waals surface area contributed by atoms with Gasteiger partial charge in [-0.05, 0) is 56.2 Å². The molecule has 11 heteroatoms. The third-order valence-corrected chi connectivity index (χ3v) is 6.25. The second-order valence-corrected chi connectivity index (χ2v) is 10.4. The van der Waals surface area contributed by atoms with Crippen LogP contribution in [-0.4, -0.2) is 36.6 Å². The molecule has 2 aromatic rings. The van der Waals surface area contributed by atoms with Crippen LogP contribution in [0.4, 0.5) is 17.6 Å². The summed E-state index contributed by atoms with van der Waals surface area (Å²) in [6, 6.07) is 5.91. The summed E-state index contributed by atoms with van der Waals surface area (Å²) in [7, 11) is 0. The highest BCUT2D eigenvalue weighted by atomic mass is 35.5. The number of hydrogen-bond donors (Lipinski definition) is 1. The van der Waals surface area contributed by atoms with Gasteiger partial charge in [-0.1, -0.05) is 35.3 Å². The summed E-state index contributed by atoms with van der Waals surface area (Å²) in [5.41, 5.74) is -3.29. The van der Waals surface area contributed by atoms with E-state index in [4.69, 9.17) is 32.7 Å². The second kappa shape index (κ2) is 9.13. The smallest absolute Gasteiger partial charge is 0.417 e. The molecule has 2 aliphatic rings. The Balaban J connectivity index is 1.76. The number of ether oxygens (including phenoxy) is 2. The molecule has 2 heterocycles. The summed E-state index contributed by atoms with van der Waals surface area (Å²) in [6.45, 7) is 5.89. The van der Waals surface area contributed by atoms with Crippen molar-refractivity contribution in [2.24, 2.45) is 0 Å². The van der Waals surface area contributed by atoms with Gasteiger partial charge in [-0.3, -0.25) is 4.79 Å². The van der Waals surface area contributed by atoms with E-state index in [1.165, 1.54) is 12.1 Å². The van der Waals surface area contributed by atoms with E-state index in [9.17, 15) is 27.2 Å². The first-order chi connectivity index (χ1) is 16.6. The number of ketones is 1. The number of carbonyl (C=O) groups is 2. The lowest BCUT2D eigenvalue weighted by Gasteiger charge is -2.39. The van der Waals surface area contributed by atoms with E-state index < -0.39 is 57.2 Å². The summed E-state index contributed by atoms with van der Waals surface area (Å²) in [4.78, 5) is 25.8. The van der Waals surface area contributed by atoms with Gasteiger partial charge >= 0.3 is 12.1 Å². The van der Waals surface area contributed by atoms with E-state index >= 15 is 0 Å². The van der Waals surface area contributed by atoms with Gasteiger partial charge in [0.15, 0.2) is 11.9 Å². The third kappa shape index (κ3) is 5.02. The molecule has 192 valence electrons. The van der Waals surface area contributed by atoms with Crippen molar-refractivity contribution in [3.63, 3.8) is 0 Å². The molecule has 2 aromatic carbocycles. The van der Waals surface area contributed by atoms with E-state index in [1.807, 2.05) is 0 Å². The summed E-state index contributed by atoms with van der Waals surface area (Å²) in [6.07, 6.45) is -5.97. The Morgan fingerprint density at radius 3 is 2.36 bits per heavy atom. The zero-order valence-corrected chi connectivity index (χ0v) is 20.9. The number of alkyl halides is 3. The van der Waals surface area contributed by atoms with Gasteiger partial charge in [0.2, 0.25) is 0 Å². The molecule has 5 nitrogen and oxygen atoms in total. The molecule has 0 amide bonds. The lowest BCUT2D eigenvalue weighted by molar-refractivity contribution is -0.182. The minimum atomic E-state index is -5.09. The van der Waals surface area contributed by atoms with Crippen molar-refractivity contribution in [3.05, 3.63) is 74.5 Å². The third-order valence-electron chi connectivity index (χ3n) is 5.76. The topological polar surface area (TPSA) is 64.6 Å². The van der Waals surface area contributed by atoms with Crippen molar-refractivity contribution in [3.8, 4) is 0 Å². The molecule has 0 bridgehead atoms. The SMILES string of the molecule is CC(C)(C)OC(=O)C1OC2(CNC2)c2ccc(C(=O)/C=C(/c3cc(Cl)cc(Cl)c3F)C(F)(F)F)cc21. The largest absolute Gasteiger partial charge is 0.458 e. The Labute approximate surface area is 214 Å². The molecule has 1 atom stereocenters. The molecule has 0 radical (unpaired) electrons. The van der Waals surface area contributed by atoms with Gasteiger partial charge in [0, 0.05) is 29.2 Å². The second-order valence-electron chi connectivity index (χ2n) is 9.60. The van der Waals surface area contributed by atoms with Gasteiger partial charge < -0.3 is 14.8 Å². The van der Waals surface area contributed by atoms with Gasteiger partial charge in [-0.25, -0.2) is 9.18 Å². The fourth-order valence-electron chi connectivity index (χ4n) is 4.14. The highest BCUT2D eigenvalue weighted by molar-refractivity contribution is 6.35. The van der Waals surface area contributed by atoms with Crippen molar-refractivity contribution >= 4 is 40.5 Å². The fraction of sp³-hybridized carbons (Fsp3) is 0.360. The molecule has 0 aliphatic carbocycles. The lowest BCUT2D eigenvalue weighted by atomic mass is 9.85. The number of allylic oxidation sites excluding steroid dienone is 2. The first kappa shape index (κ1) is 26.6. The summed E-state index contributed by atoms with van der Waals surface area (Å²) >= 11 is 11.4. The predicted octanol–water partition coefficient (Wildman–Crippen LogP) is 6.17. The monoisotopic (exact) mass is 545 g/mol. The molecule has 1 spiro atoms. The number of esters is 1.